The van der Waals surface area contributed by atoms with Crippen molar-refractivity contribution in [1.29, 1.82) is 0 Å². The summed E-state index contributed by atoms with van der Waals surface area (Å²) in [6, 6.07) is 11.7. The molecule has 0 saturated heterocycles. The van der Waals surface area contributed by atoms with E-state index in [1.165, 1.54) is 0 Å². The van der Waals surface area contributed by atoms with Crippen LogP contribution in [0.5, 0.6) is 11.5 Å². The van der Waals surface area contributed by atoms with Crippen LogP contribution in [0.1, 0.15) is 42.5 Å². The van der Waals surface area contributed by atoms with Crippen LogP contribution in [0.3, 0.4) is 0 Å². The van der Waals surface area contributed by atoms with E-state index in [9.17, 15) is 13.2 Å². The van der Waals surface area contributed by atoms with E-state index in [0.717, 1.165) is 17.5 Å². The van der Waals surface area contributed by atoms with E-state index in [1.54, 1.807) is 25.3 Å². The molecule has 2 aromatic rings. The van der Waals surface area contributed by atoms with Crippen molar-refractivity contribution < 1.29 is 22.7 Å². The highest BCUT2D eigenvalue weighted by atomic mass is 32.2. The van der Waals surface area contributed by atoms with Crippen molar-refractivity contribution in [2.45, 2.75) is 39.2 Å². The van der Waals surface area contributed by atoms with Crippen LogP contribution in [0.2, 0.25) is 0 Å². The van der Waals surface area contributed by atoms with Gasteiger partial charge < -0.3 is 14.8 Å². The number of benzene rings is 2. The summed E-state index contributed by atoms with van der Waals surface area (Å²) in [4.78, 5) is 13.0. The summed E-state index contributed by atoms with van der Waals surface area (Å²) >= 11 is 0. The Morgan fingerprint density at radius 2 is 1.88 bits per heavy atom. The van der Waals surface area contributed by atoms with Gasteiger partial charge in [-0.15, -0.1) is 6.42 Å². The first-order valence-electron chi connectivity index (χ1n) is 10.9. The van der Waals surface area contributed by atoms with Gasteiger partial charge in [0, 0.05) is 6.54 Å². The van der Waals surface area contributed by atoms with Gasteiger partial charge in [0.05, 0.1) is 12.9 Å². The fourth-order valence-electron chi connectivity index (χ4n) is 3.14. The molecule has 0 bridgehead atoms. The zero-order valence-electron chi connectivity index (χ0n) is 19.4. The maximum Gasteiger partial charge on any atom is 0.242 e. The summed E-state index contributed by atoms with van der Waals surface area (Å²) in [5.41, 5.74) is 2.54. The largest absolute Gasteiger partial charge is 0.493 e. The van der Waals surface area contributed by atoms with E-state index in [4.69, 9.17) is 15.9 Å². The average molecular weight is 473 g/mol. The van der Waals surface area contributed by atoms with E-state index in [2.05, 4.69) is 16.0 Å². The normalized spacial score (nSPS) is 11.9. The maximum atomic E-state index is 13.0. The number of ether oxygens (including phenoxy) is 2. The summed E-state index contributed by atoms with van der Waals surface area (Å²) in [6.45, 7) is 4.32. The quantitative estimate of drug-likeness (QED) is 0.437. The van der Waals surface area contributed by atoms with Crippen molar-refractivity contribution in [3.05, 3.63) is 59.2 Å². The smallest absolute Gasteiger partial charge is 0.242 e. The molecule has 0 radical (unpaired) electrons. The number of hydrogen-bond donors (Lipinski definition) is 2. The molecule has 0 aliphatic rings. The van der Waals surface area contributed by atoms with Crippen molar-refractivity contribution in [2.75, 3.05) is 26.0 Å². The van der Waals surface area contributed by atoms with Gasteiger partial charge in [-0.2, -0.15) is 4.72 Å². The number of carbonyl (C=O) groups excluding carboxylic acids is 1. The molecule has 8 heteroatoms. The average Bonchev–Trinajstić information content (AvgIpc) is 2.81. The molecule has 0 saturated carbocycles. The molecule has 0 fully saturated rings. The second-order valence-corrected chi connectivity index (χ2v) is 9.53. The highest BCUT2D eigenvalue weighted by Crippen LogP contribution is 2.28. The van der Waals surface area contributed by atoms with Crippen LogP contribution in [0, 0.1) is 19.3 Å². The first kappa shape index (κ1) is 26.2. The van der Waals surface area contributed by atoms with Crippen molar-refractivity contribution in [3.8, 4) is 23.8 Å². The molecule has 1 amide bonds. The lowest BCUT2D eigenvalue weighted by molar-refractivity contribution is -0.122. The number of terminal acetylenes is 1. The predicted octanol–water partition coefficient (Wildman–Crippen LogP) is 3.14. The summed E-state index contributed by atoms with van der Waals surface area (Å²) in [5, 5.41) is 2.84. The molecular weight excluding hydrogens is 440 g/mol. The van der Waals surface area contributed by atoms with Crippen LogP contribution in [0.4, 0.5) is 0 Å². The van der Waals surface area contributed by atoms with Crippen LogP contribution in [-0.4, -0.2) is 40.3 Å². The topological polar surface area (TPSA) is 93.7 Å². The summed E-state index contributed by atoms with van der Waals surface area (Å²) in [7, 11) is -2.06. The molecule has 2 rings (SSSR count). The minimum absolute atomic E-state index is 0.0208. The first-order chi connectivity index (χ1) is 15.8. The molecule has 1 unspecified atom stereocenters. The second-order valence-electron chi connectivity index (χ2n) is 7.65. The Morgan fingerprint density at radius 1 is 1.15 bits per heavy atom. The molecule has 2 N–H and O–H groups in total. The number of rotatable bonds is 13. The molecule has 2 aromatic carbocycles. The Hall–Kier alpha value is -3.02. The van der Waals surface area contributed by atoms with Gasteiger partial charge in [-0.25, -0.2) is 8.42 Å². The van der Waals surface area contributed by atoms with Gasteiger partial charge in [0.2, 0.25) is 15.9 Å². The molecular formula is C25H32N2O5S. The van der Waals surface area contributed by atoms with Crippen LogP contribution in [0.25, 0.3) is 0 Å². The molecule has 0 spiro atoms. The van der Waals surface area contributed by atoms with Gasteiger partial charge in [-0.1, -0.05) is 55.2 Å². The number of nitrogens with one attached hydrogen (secondary N) is 2. The van der Waals surface area contributed by atoms with Crippen LogP contribution < -0.4 is 19.5 Å². The Balaban J connectivity index is 2.08. The van der Waals surface area contributed by atoms with E-state index in [-0.39, 0.29) is 12.4 Å². The van der Waals surface area contributed by atoms with Crippen LogP contribution in [0.15, 0.2) is 42.5 Å². The van der Waals surface area contributed by atoms with Gasteiger partial charge in [0.15, 0.2) is 11.5 Å². The van der Waals surface area contributed by atoms with Crippen LogP contribution >= 0.6 is 0 Å². The van der Waals surface area contributed by atoms with E-state index >= 15 is 0 Å². The molecule has 7 nitrogen and oxygen atoms in total. The number of sulfonamides is 1. The minimum atomic E-state index is -3.60. The fraction of sp³-hybridized carbons (Fsp3) is 0.400. The van der Waals surface area contributed by atoms with Crippen molar-refractivity contribution in [3.63, 3.8) is 0 Å². The SMILES string of the molecule is C#CCOc1ccc(CCNC(=O)C(NS(=O)(=O)CCCC)c2ccc(C)cc2)cc1OC. The number of aryl methyl sites for hydroxylation is 1. The fourth-order valence-corrected chi connectivity index (χ4v) is 4.53. The van der Waals surface area contributed by atoms with Gasteiger partial charge in [-0.3, -0.25) is 4.79 Å². The van der Waals surface area contributed by atoms with E-state index in [0.29, 0.717) is 36.4 Å². The van der Waals surface area contributed by atoms with Gasteiger partial charge >= 0.3 is 0 Å². The number of carbonyl (C=O) groups is 1. The molecule has 0 aliphatic carbocycles. The zero-order chi connectivity index (χ0) is 24.3. The molecule has 33 heavy (non-hydrogen) atoms. The molecule has 0 aliphatic heterocycles. The lowest BCUT2D eigenvalue weighted by Crippen LogP contribution is -2.41. The third-order valence-electron chi connectivity index (χ3n) is 4.99. The third kappa shape index (κ3) is 8.44. The van der Waals surface area contributed by atoms with Crippen molar-refractivity contribution in [2.24, 2.45) is 0 Å². The first-order valence-corrected chi connectivity index (χ1v) is 12.5. The van der Waals surface area contributed by atoms with Gasteiger partial charge in [0.25, 0.3) is 0 Å². The standard InChI is InChI=1S/C25H32N2O5S/c1-5-7-17-33(29,30)27-24(21-11-8-19(3)9-12-21)25(28)26-15-14-20-10-13-22(32-16-6-2)23(18-20)31-4/h2,8-13,18,24,27H,5,7,14-17H2,1,3-4H3,(H,26,28). The Kier molecular flexibility index (Phi) is 10.2. The molecule has 178 valence electrons. The molecule has 0 aromatic heterocycles. The zero-order valence-corrected chi connectivity index (χ0v) is 20.2. The van der Waals surface area contributed by atoms with Gasteiger partial charge in [-0.05, 0) is 43.0 Å². The molecule has 0 heterocycles. The Morgan fingerprint density at radius 3 is 2.52 bits per heavy atom. The summed E-state index contributed by atoms with van der Waals surface area (Å²) in [5.74, 6) is 3.08. The highest BCUT2D eigenvalue weighted by Gasteiger charge is 2.25. The number of unbranched alkanes of at least 4 members (excludes halogenated alkanes) is 1. The van der Waals surface area contributed by atoms with Crippen molar-refractivity contribution in [1.82, 2.24) is 10.0 Å². The monoisotopic (exact) mass is 472 g/mol. The summed E-state index contributed by atoms with van der Waals surface area (Å²) in [6.07, 6.45) is 7.03. The Labute approximate surface area is 196 Å². The Bertz CT molecular complexity index is 1060. The van der Waals surface area contributed by atoms with Crippen molar-refractivity contribution >= 4 is 15.9 Å². The van der Waals surface area contributed by atoms with Crippen LogP contribution in [-0.2, 0) is 21.2 Å². The molecule has 1 atom stereocenters. The number of amides is 1. The van der Waals surface area contributed by atoms with E-state index < -0.39 is 22.0 Å². The summed E-state index contributed by atoms with van der Waals surface area (Å²) < 4.78 is 38.3. The second kappa shape index (κ2) is 12.9. The van der Waals surface area contributed by atoms with E-state index in [1.807, 2.05) is 38.1 Å². The lowest BCUT2D eigenvalue weighted by atomic mass is 10.1. The highest BCUT2D eigenvalue weighted by molar-refractivity contribution is 7.89. The van der Waals surface area contributed by atoms with Gasteiger partial charge in [0.1, 0.15) is 12.6 Å². The number of hydrogen-bond acceptors (Lipinski definition) is 5. The maximum absolute atomic E-state index is 13.0. The lowest BCUT2D eigenvalue weighted by Gasteiger charge is -2.19. The number of methoxy groups -OCH3 is 1. The third-order valence-corrected chi connectivity index (χ3v) is 6.41. The predicted molar refractivity (Wildman–Crippen MR) is 130 cm³/mol. The minimum Gasteiger partial charge on any atom is -0.493 e.